The first-order valence-corrected chi connectivity index (χ1v) is 7.47. The van der Waals surface area contributed by atoms with Gasteiger partial charge in [0.05, 0.1) is 0 Å². The second-order valence-electron chi connectivity index (χ2n) is 6.27. The van der Waals surface area contributed by atoms with E-state index in [1.165, 1.54) is 19.3 Å². The smallest absolute Gasteiger partial charge is 0.137 e. The third-order valence-electron chi connectivity index (χ3n) is 3.60. The molecule has 1 aromatic heterocycles. The van der Waals surface area contributed by atoms with Crippen molar-refractivity contribution in [1.82, 2.24) is 9.97 Å². The molecule has 1 N–H and O–H groups in total. The van der Waals surface area contributed by atoms with Gasteiger partial charge in [-0.05, 0) is 41.6 Å². The lowest BCUT2D eigenvalue weighted by atomic mass is 9.80. The van der Waals surface area contributed by atoms with Crippen molar-refractivity contribution in [2.24, 2.45) is 5.92 Å². The van der Waals surface area contributed by atoms with Gasteiger partial charge in [0.1, 0.15) is 16.2 Å². The highest BCUT2D eigenvalue weighted by Crippen LogP contribution is 2.31. The Labute approximate surface area is 118 Å². The maximum absolute atomic E-state index is 4.63. The van der Waals surface area contributed by atoms with E-state index in [0.717, 1.165) is 22.2 Å². The molecule has 1 aromatic rings. The summed E-state index contributed by atoms with van der Waals surface area (Å²) in [7, 11) is 0. The van der Waals surface area contributed by atoms with Gasteiger partial charge in [0.15, 0.2) is 0 Å². The third-order valence-corrected chi connectivity index (χ3v) is 4.00. The molecular weight excluding hydrogens is 290 g/mol. The van der Waals surface area contributed by atoms with Crippen molar-refractivity contribution >= 4 is 21.7 Å². The van der Waals surface area contributed by atoms with Gasteiger partial charge >= 0.3 is 0 Å². The van der Waals surface area contributed by atoms with Gasteiger partial charge in [-0.3, -0.25) is 0 Å². The summed E-state index contributed by atoms with van der Waals surface area (Å²) >= 11 is 3.47. The maximum atomic E-state index is 4.63. The number of aromatic nitrogens is 2. The van der Waals surface area contributed by atoms with Crippen LogP contribution in [0.15, 0.2) is 10.7 Å². The van der Waals surface area contributed by atoms with E-state index in [1.807, 2.05) is 6.07 Å². The summed E-state index contributed by atoms with van der Waals surface area (Å²) in [4.78, 5) is 9.09. The molecule has 1 heterocycles. The van der Waals surface area contributed by atoms with Gasteiger partial charge in [0.25, 0.3) is 0 Å². The molecule has 1 unspecified atom stereocenters. The van der Waals surface area contributed by atoms with Crippen LogP contribution in [0.25, 0.3) is 0 Å². The van der Waals surface area contributed by atoms with Gasteiger partial charge in [-0.2, -0.15) is 0 Å². The van der Waals surface area contributed by atoms with Gasteiger partial charge in [0, 0.05) is 17.5 Å². The van der Waals surface area contributed by atoms with E-state index >= 15 is 0 Å². The Hall–Kier alpha value is -0.640. The van der Waals surface area contributed by atoms with Crippen molar-refractivity contribution in [3.05, 3.63) is 16.5 Å². The molecule has 1 atom stereocenters. The summed E-state index contributed by atoms with van der Waals surface area (Å²) in [5.74, 6) is 2.61. The van der Waals surface area contributed by atoms with Crippen LogP contribution in [0.4, 0.5) is 5.82 Å². The summed E-state index contributed by atoms with van der Waals surface area (Å²) in [6.07, 6.45) is 4.05. The van der Waals surface area contributed by atoms with E-state index in [1.54, 1.807) is 0 Å². The Balaban J connectivity index is 2.14. The topological polar surface area (TPSA) is 37.8 Å². The summed E-state index contributed by atoms with van der Waals surface area (Å²) in [6, 6.07) is 2.46. The Morgan fingerprint density at radius 3 is 2.50 bits per heavy atom. The molecule has 1 aliphatic carbocycles. The van der Waals surface area contributed by atoms with Crippen molar-refractivity contribution < 1.29 is 0 Å². The molecular formula is C14H22BrN3. The van der Waals surface area contributed by atoms with E-state index in [-0.39, 0.29) is 5.41 Å². The van der Waals surface area contributed by atoms with Gasteiger partial charge in [0.2, 0.25) is 0 Å². The molecule has 0 bridgehead atoms. The van der Waals surface area contributed by atoms with Gasteiger partial charge < -0.3 is 5.32 Å². The molecule has 0 amide bonds. The summed E-state index contributed by atoms with van der Waals surface area (Å²) in [5, 5.41) is 3.52. The number of nitrogens with one attached hydrogen (secondary N) is 1. The van der Waals surface area contributed by atoms with Gasteiger partial charge in [-0.25, -0.2) is 9.97 Å². The average molecular weight is 312 g/mol. The van der Waals surface area contributed by atoms with Crippen molar-refractivity contribution in [1.29, 1.82) is 0 Å². The Morgan fingerprint density at radius 1 is 1.33 bits per heavy atom. The zero-order chi connectivity index (χ0) is 13.3. The van der Waals surface area contributed by atoms with Gasteiger partial charge in [-0.1, -0.05) is 27.2 Å². The predicted octanol–water partition coefficient (Wildman–Crippen LogP) is 4.14. The van der Waals surface area contributed by atoms with Crippen molar-refractivity contribution in [2.75, 3.05) is 5.32 Å². The lowest BCUT2D eigenvalue weighted by Crippen LogP contribution is -2.31. The molecule has 1 saturated carbocycles. The van der Waals surface area contributed by atoms with Crippen LogP contribution in [-0.4, -0.2) is 16.0 Å². The Kier molecular flexibility index (Phi) is 3.95. The molecule has 3 nitrogen and oxygen atoms in total. The molecule has 0 radical (unpaired) electrons. The number of halogens is 1. The lowest BCUT2D eigenvalue weighted by molar-refractivity contribution is 0.285. The van der Waals surface area contributed by atoms with Crippen LogP contribution in [0.5, 0.6) is 0 Å². The summed E-state index contributed by atoms with van der Waals surface area (Å²) < 4.78 is 0.853. The normalized spacial score (nSPS) is 18.3. The molecule has 0 aromatic carbocycles. The quantitative estimate of drug-likeness (QED) is 0.853. The minimum Gasteiger partial charge on any atom is -0.367 e. The van der Waals surface area contributed by atoms with Gasteiger partial charge in [-0.15, -0.1) is 0 Å². The maximum Gasteiger partial charge on any atom is 0.137 e. The molecule has 1 aliphatic rings. The molecule has 100 valence electrons. The van der Waals surface area contributed by atoms with Crippen LogP contribution in [-0.2, 0) is 5.41 Å². The molecule has 1 fully saturated rings. The van der Waals surface area contributed by atoms with Crippen LogP contribution in [0.1, 0.15) is 52.8 Å². The van der Waals surface area contributed by atoms with Crippen molar-refractivity contribution in [2.45, 2.75) is 58.4 Å². The van der Waals surface area contributed by atoms with Crippen molar-refractivity contribution in [3.8, 4) is 0 Å². The average Bonchev–Trinajstić information content (AvgIpc) is 2.11. The fourth-order valence-electron chi connectivity index (χ4n) is 2.12. The highest BCUT2D eigenvalue weighted by atomic mass is 79.9. The summed E-state index contributed by atoms with van der Waals surface area (Å²) in [5.41, 5.74) is -0.0279. The minimum absolute atomic E-state index is 0.0279. The highest BCUT2D eigenvalue weighted by Gasteiger charge is 2.25. The first-order valence-electron chi connectivity index (χ1n) is 6.68. The van der Waals surface area contributed by atoms with E-state index in [4.69, 9.17) is 0 Å². The number of hydrogen-bond donors (Lipinski definition) is 1. The Bertz CT molecular complexity index is 422. The lowest BCUT2D eigenvalue weighted by Gasteiger charge is -2.32. The number of anilines is 1. The second-order valence-corrected chi connectivity index (χ2v) is 7.09. The number of hydrogen-bond acceptors (Lipinski definition) is 3. The first-order chi connectivity index (χ1) is 8.36. The standard InChI is InChI=1S/C14H22BrN3/c1-9(10-6-5-7-10)16-12-8-11(15)17-13(18-12)14(2,3)4/h8-10H,5-7H2,1-4H3,(H,16,17,18). The van der Waals surface area contributed by atoms with Crippen molar-refractivity contribution in [3.63, 3.8) is 0 Å². The first kappa shape index (κ1) is 13.8. The SMILES string of the molecule is CC(Nc1cc(Br)nc(C(C)(C)C)n1)C1CCC1. The second kappa shape index (κ2) is 5.16. The Morgan fingerprint density at radius 2 is 2.00 bits per heavy atom. The molecule has 0 aliphatic heterocycles. The zero-order valence-electron chi connectivity index (χ0n) is 11.6. The zero-order valence-corrected chi connectivity index (χ0v) is 13.2. The van der Waals surface area contributed by atoms with E-state index in [0.29, 0.717) is 6.04 Å². The molecule has 2 rings (SSSR count). The molecule has 4 heteroatoms. The number of nitrogens with zero attached hydrogens (tertiary/aromatic N) is 2. The van der Waals surface area contributed by atoms with Crippen LogP contribution >= 0.6 is 15.9 Å². The monoisotopic (exact) mass is 311 g/mol. The van der Waals surface area contributed by atoms with Crippen LogP contribution in [0.3, 0.4) is 0 Å². The van der Waals surface area contributed by atoms with E-state index in [2.05, 4.69) is 58.9 Å². The largest absolute Gasteiger partial charge is 0.367 e. The third kappa shape index (κ3) is 3.22. The van der Waals surface area contributed by atoms with E-state index in [9.17, 15) is 0 Å². The summed E-state index contributed by atoms with van der Waals surface area (Å²) in [6.45, 7) is 8.65. The predicted molar refractivity (Wildman–Crippen MR) is 78.9 cm³/mol. The molecule has 0 saturated heterocycles. The fraction of sp³-hybridized carbons (Fsp3) is 0.714. The number of rotatable bonds is 3. The highest BCUT2D eigenvalue weighted by molar-refractivity contribution is 9.10. The molecule has 0 spiro atoms. The minimum atomic E-state index is -0.0279. The van der Waals surface area contributed by atoms with E-state index < -0.39 is 0 Å². The fourth-order valence-corrected chi connectivity index (χ4v) is 2.50. The van der Waals surface area contributed by atoms with Crippen LogP contribution in [0, 0.1) is 5.92 Å². The molecule has 18 heavy (non-hydrogen) atoms. The van der Waals surface area contributed by atoms with Crippen LogP contribution in [0.2, 0.25) is 0 Å². The van der Waals surface area contributed by atoms with Crippen LogP contribution < -0.4 is 5.32 Å².